The van der Waals surface area contributed by atoms with Gasteiger partial charge >= 0.3 is 0 Å². The molecule has 0 unspecified atom stereocenters. The molecule has 0 radical (unpaired) electrons. The molecular weight excluding hydrogens is 284 g/mol. The van der Waals surface area contributed by atoms with Gasteiger partial charge in [0.2, 0.25) is 0 Å². The molecule has 0 amide bonds. The fraction of sp³-hybridized carbons (Fsp3) is 0.250. The van der Waals surface area contributed by atoms with Crippen LogP contribution in [0.2, 0.25) is 0 Å². The highest BCUT2D eigenvalue weighted by atomic mass is 79.9. The zero-order valence-corrected chi connectivity index (χ0v) is 11.1. The summed E-state index contributed by atoms with van der Waals surface area (Å²) in [6.07, 6.45) is 2.38. The van der Waals surface area contributed by atoms with Crippen molar-refractivity contribution in [2.75, 3.05) is 11.4 Å². The average Bonchev–Trinajstić information content (AvgIpc) is 2.75. The smallest absolute Gasteiger partial charge is 0.190 e. The Kier molecular flexibility index (Phi) is 2.69. The van der Waals surface area contributed by atoms with Crippen molar-refractivity contribution in [2.45, 2.75) is 12.8 Å². The first-order chi connectivity index (χ1) is 7.84. The zero-order chi connectivity index (χ0) is 11.0. The summed E-state index contributed by atoms with van der Waals surface area (Å²) in [4.78, 5) is 6.81. The predicted molar refractivity (Wildman–Crippen MR) is 71.6 cm³/mol. The minimum atomic E-state index is 0.926. The van der Waals surface area contributed by atoms with E-state index in [0.717, 1.165) is 16.3 Å². The summed E-state index contributed by atoms with van der Waals surface area (Å²) in [5.74, 6) is 0. The van der Waals surface area contributed by atoms with Crippen molar-refractivity contribution < 1.29 is 0 Å². The van der Waals surface area contributed by atoms with Crippen LogP contribution in [0.5, 0.6) is 0 Å². The number of anilines is 2. The Morgan fingerprint density at radius 1 is 1.31 bits per heavy atom. The first-order valence-electron chi connectivity index (χ1n) is 5.31. The number of halogens is 1. The lowest BCUT2D eigenvalue weighted by atomic mass is 10.0. The molecular formula is C12H11BrN2S. The molecule has 4 heteroatoms. The largest absolute Gasteiger partial charge is 0.318 e. The Morgan fingerprint density at radius 3 is 3.00 bits per heavy atom. The molecule has 2 heterocycles. The average molecular weight is 295 g/mol. The van der Waals surface area contributed by atoms with E-state index in [-0.39, 0.29) is 0 Å². The van der Waals surface area contributed by atoms with Gasteiger partial charge in [0.15, 0.2) is 5.13 Å². The minimum Gasteiger partial charge on any atom is -0.318 e. The number of aromatic nitrogens is 1. The van der Waals surface area contributed by atoms with Gasteiger partial charge in [-0.05, 0) is 40.4 Å². The molecule has 0 saturated heterocycles. The SMILES string of the molecule is Brc1csc(N2CCCc3ccccc32)n1. The van der Waals surface area contributed by atoms with E-state index in [2.05, 4.69) is 50.1 Å². The molecule has 1 aliphatic rings. The van der Waals surface area contributed by atoms with Gasteiger partial charge in [0.25, 0.3) is 0 Å². The summed E-state index contributed by atoms with van der Waals surface area (Å²) < 4.78 is 0.926. The van der Waals surface area contributed by atoms with Gasteiger partial charge in [-0.2, -0.15) is 0 Å². The number of aryl methyl sites for hydroxylation is 1. The third-order valence-electron chi connectivity index (χ3n) is 2.81. The number of benzene rings is 1. The highest BCUT2D eigenvalue weighted by Gasteiger charge is 2.19. The summed E-state index contributed by atoms with van der Waals surface area (Å²) in [6.45, 7) is 1.07. The first-order valence-corrected chi connectivity index (χ1v) is 6.98. The third kappa shape index (κ3) is 1.76. The van der Waals surface area contributed by atoms with Crippen molar-refractivity contribution in [3.05, 3.63) is 39.8 Å². The molecule has 2 aromatic rings. The van der Waals surface area contributed by atoms with Crippen molar-refractivity contribution in [1.29, 1.82) is 0 Å². The molecule has 82 valence electrons. The quantitative estimate of drug-likeness (QED) is 0.791. The van der Waals surface area contributed by atoms with Crippen molar-refractivity contribution in [3.8, 4) is 0 Å². The summed E-state index contributed by atoms with van der Waals surface area (Å²) in [5, 5.41) is 3.12. The van der Waals surface area contributed by atoms with E-state index in [1.807, 2.05) is 5.38 Å². The minimum absolute atomic E-state index is 0.926. The van der Waals surface area contributed by atoms with Crippen molar-refractivity contribution in [2.24, 2.45) is 0 Å². The molecule has 1 aromatic carbocycles. The van der Waals surface area contributed by atoms with Gasteiger partial charge in [0, 0.05) is 17.6 Å². The van der Waals surface area contributed by atoms with E-state index in [0.29, 0.717) is 0 Å². The monoisotopic (exact) mass is 294 g/mol. The Morgan fingerprint density at radius 2 is 2.19 bits per heavy atom. The van der Waals surface area contributed by atoms with Crippen LogP contribution in [0.25, 0.3) is 0 Å². The Labute approximate surface area is 107 Å². The second-order valence-corrected chi connectivity index (χ2v) is 5.49. The molecule has 1 aliphatic heterocycles. The van der Waals surface area contributed by atoms with Crippen LogP contribution in [-0.2, 0) is 6.42 Å². The summed E-state index contributed by atoms with van der Waals surface area (Å²) in [6, 6.07) is 8.61. The van der Waals surface area contributed by atoms with Gasteiger partial charge in [0.05, 0.1) is 0 Å². The summed E-state index contributed by atoms with van der Waals surface area (Å²) in [7, 11) is 0. The van der Waals surface area contributed by atoms with Crippen LogP contribution in [0.1, 0.15) is 12.0 Å². The standard InChI is InChI=1S/C12H11BrN2S/c13-11-8-16-12(14-11)15-7-3-5-9-4-1-2-6-10(9)15/h1-2,4,6,8H,3,5,7H2. The van der Waals surface area contributed by atoms with Crippen LogP contribution < -0.4 is 4.90 Å². The van der Waals surface area contributed by atoms with Crippen LogP contribution in [0.4, 0.5) is 10.8 Å². The molecule has 0 spiro atoms. The number of para-hydroxylation sites is 1. The van der Waals surface area contributed by atoms with Crippen molar-refractivity contribution in [3.63, 3.8) is 0 Å². The van der Waals surface area contributed by atoms with E-state index in [9.17, 15) is 0 Å². The normalized spacial score (nSPS) is 14.9. The number of thiazole rings is 1. The molecule has 0 aliphatic carbocycles. The maximum atomic E-state index is 4.49. The van der Waals surface area contributed by atoms with Crippen LogP contribution in [0.15, 0.2) is 34.2 Å². The molecule has 3 rings (SSSR count). The Bertz CT molecular complexity index is 509. The molecule has 0 bridgehead atoms. The lowest BCUT2D eigenvalue weighted by Gasteiger charge is -2.28. The van der Waals surface area contributed by atoms with E-state index in [1.54, 1.807) is 11.3 Å². The van der Waals surface area contributed by atoms with Gasteiger partial charge < -0.3 is 4.90 Å². The second-order valence-electron chi connectivity index (χ2n) is 3.84. The molecule has 0 atom stereocenters. The maximum absolute atomic E-state index is 4.49. The van der Waals surface area contributed by atoms with E-state index in [4.69, 9.17) is 0 Å². The highest BCUT2D eigenvalue weighted by molar-refractivity contribution is 9.10. The van der Waals surface area contributed by atoms with E-state index in [1.165, 1.54) is 24.1 Å². The van der Waals surface area contributed by atoms with Gasteiger partial charge in [0.1, 0.15) is 4.60 Å². The molecule has 16 heavy (non-hydrogen) atoms. The van der Waals surface area contributed by atoms with Crippen LogP contribution in [-0.4, -0.2) is 11.5 Å². The maximum Gasteiger partial charge on any atom is 0.190 e. The van der Waals surface area contributed by atoms with Crippen molar-refractivity contribution in [1.82, 2.24) is 4.98 Å². The molecule has 0 N–H and O–H groups in total. The topological polar surface area (TPSA) is 16.1 Å². The molecule has 0 saturated carbocycles. The van der Waals surface area contributed by atoms with Crippen LogP contribution >= 0.6 is 27.3 Å². The van der Waals surface area contributed by atoms with Crippen LogP contribution in [0, 0.1) is 0 Å². The van der Waals surface area contributed by atoms with Gasteiger partial charge in [-0.15, -0.1) is 11.3 Å². The number of rotatable bonds is 1. The van der Waals surface area contributed by atoms with Gasteiger partial charge in [-0.25, -0.2) is 4.98 Å². The Balaban J connectivity index is 2.04. The van der Waals surface area contributed by atoms with E-state index < -0.39 is 0 Å². The van der Waals surface area contributed by atoms with Gasteiger partial charge in [-0.3, -0.25) is 0 Å². The molecule has 2 nitrogen and oxygen atoms in total. The number of fused-ring (bicyclic) bond motifs is 1. The summed E-state index contributed by atoms with van der Waals surface area (Å²) >= 11 is 5.10. The predicted octanol–water partition coefficient (Wildman–Crippen LogP) is 3.99. The van der Waals surface area contributed by atoms with E-state index >= 15 is 0 Å². The Hall–Kier alpha value is -0.870. The third-order valence-corrected chi connectivity index (χ3v) is 4.38. The number of hydrogen-bond donors (Lipinski definition) is 0. The molecule has 0 fully saturated rings. The zero-order valence-electron chi connectivity index (χ0n) is 8.69. The van der Waals surface area contributed by atoms with Crippen LogP contribution in [0.3, 0.4) is 0 Å². The fourth-order valence-electron chi connectivity index (χ4n) is 2.10. The summed E-state index contributed by atoms with van der Waals surface area (Å²) in [5.41, 5.74) is 2.75. The second kappa shape index (κ2) is 4.18. The lowest BCUT2D eigenvalue weighted by Crippen LogP contribution is -2.24. The number of nitrogens with zero attached hydrogens (tertiary/aromatic N) is 2. The highest BCUT2D eigenvalue weighted by Crippen LogP contribution is 2.35. The lowest BCUT2D eigenvalue weighted by molar-refractivity contribution is 0.764. The first kappa shape index (κ1) is 10.3. The number of hydrogen-bond acceptors (Lipinski definition) is 3. The molecule has 1 aromatic heterocycles. The van der Waals surface area contributed by atoms with Crippen molar-refractivity contribution >= 4 is 38.1 Å². The van der Waals surface area contributed by atoms with Gasteiger partial charge in [-0.1, -0.05) is 18.2 Å². The fourth-order valence-corrected chi connectivity index (χ4v) is 3.39.